The van der Waals surface area contributed by atoms with E-state index in [2.05, 4.69) is 15.3 Å². The van der Waals surface area contributed by atoms with Crippen molar-refractivity contribution >= 4 is 38.1 Å². The summed E-state index contributed by atoms with van der Waals surface area (Å²) in [4.78, 5) is 8.43. The molecule has 0 amide bonds. The van der Waals surface area contributed by atoms with E-state index in [0.29, 0.717) is 12.3 Å². The Labute approximate surface area is 126 Å². The fourth-order valence-corrected chi connectivity index (χ4v) is 2.64. The van der Waals surface area contributed by atoms with Gasteiger partial charge in [-0.15, -0.1) is 0 Å². The van der Waals surface area contributed by atoms with Gasteiger partial charge >= 0.3 is 0 Å². The Morgan fingerprint density at radius 1 is 1.26 bits per heavy atom. The van der Waals surface area contributed by atoms with Gasteiger partial charge in [-0.05, 0) is 48.0 Å². The number of nitrogens with zero attached hydrogens (tertiary/aromatic N) is 2. The molecule has 0 aromatic carbocycles. The number of fused-ring (bicyclic) bond motifs is 1. The lowest BCUT2D eigenvalue weighted by molar-refractivity contribution is 0.663. The van der Waals surface area contributed by atoms with Crippen molar-refractivity contribution in [2.75, 3.05) is 17.6 Å². The van der Waals surface area contributed by atoms with Gasteiger partial charge in [0, 0.05) is 12.1 Å². The lowest BCUT2D eigenvalue weighted by atomic mass is 9.96. The van der Waals surface area contributed by atoms with Crippen molar-refractivity contribution in [1.82, 2.24) is 9.97 Å². The molecule has 4 nitrogen and oxygen atoms in total. The summed E-state index contributed by atoms with van der Waals surface area (Å²) < 4.78 is 10.8. The minimum absolute atomic E-state index is 0.264. The number of halogens is 2. The van der Waals surface area contributed by atoms with Crippen LogP contribution in [0.4, 0.5) is 5.82 Å². The van der Waals surface area contributed by atoms with Crippen LogP contribution in [0.3, 0.4) is 0 Å². The molecule has 1 atom stereocenters. The first-order chi connectivity index (χ1) is 9.16. The van der Waals surface area contributed by atoms with Gasteiger partial charge in [0.05, 0.1) is 11.4 Å². The van der Waals surface area contributed by atoms with Gasteiger partial charge in [-0.1, -0.05) is 13.8 Å². The number of nitrogens with one attached hydrogen (secondary N) is 1. The number of hydrogen-bond donors (Lipinski definition) is 1. The molecule has 2 rings (SSSR count). The summed E-state index contributed by atoms with van der Waals surface area (Å²) in [5, 5.41) is 3.40. The van der Waals surface area contributed by atoms with Crippen LogP contribution in [-0.4, -0.2) is 26.5 Å². The highest BCUT2D eigenvalue weighted by atomic mass is 35.7. The Morgan fingerprint density at radius 2 is 1.95 bits per heavy atom. The van der Waals surface area contributed by atoms with Gasteiger partial charge in [0.25, 0.3) is 0 Å². The molecule has 19 heavy (non-hydrogen) atoms. The Balaban J connectivity index is 0.000000861. The first kappa shape index (κ1) is 16.7. The molecular formula is C12H19Cl2N3OS. The van der Waals surface area contributed by atoms with Gasteiger partial charge in [0.2, 0.25) is 5.28 Å². The molecule has 0 bridgehead atoms. The molecule has 0 aliphatic heterocycles. The van der Waals surface area contributed by atoms with Crippen molar-refractivity contribution in [3.8, 4) is 0 Å². The molecule has 0 saturated heterocycles. The zero-order valence-electron chi connectivity index (χ0n) is 11.2. The number of rotatable bonds is 4. The molecule has 108 valence electrons. The predicted octanol–water partition coefficient (Wildman–Crippen LogP) is 3.35. The first-order valence-electron chi connectivity index (χ1n) is 6.50. The number of hydrogen-bond acceptors (Lipinski definition) is 4. The Hall–Kier alpha value is -0.390. The third-order valence-electron chi connectivity index (χ3n) is 2.71. The molecular weight excluding hydrogens is 305 g/mol. The van der Waals surface area contributed by atoms with Crippen LogP contribution in [0.1, 0.15) is 37.9 Å². The standard InChI is InChI=1S/C10H13Cl2N3OS.C2H6/c11-10-14-8-4-2-1-3-7(8)9(15-10)13-5-6-17(12)16;1-2/h1-6H2,(H,13,14,15);1-2H3. The van der Waals surface area contributed by atoms with Gasteiger partial charge in [-0.25, -0.2) is 14.2 Å². The predicted molar refractivity (Wildman–Crippen MR) is 82.4 cm³/mol. The Morgan fingerprint density at radius 3 is 2.63 bits per heavy atom. The molecule has 1 aromatic rings. The highest BCUT2D eigenvalue weighted by Gasteiger charge is 2.17. The van der Waals surface area contributed by atoms with Gasteiger partial charge in [-0.2, -0.15) is 0 Å². The van der Waals surface area contributed by atoms with E-state index in [4.69, 9.17) is 22.3 Å². The van der Waals surface area contributed by atoms with E-state index in [1.54, 1.807) is 0 Å². The lowest BCUT2D eigenvalue weighted by Crippen LogP contribution is -2.15. The molecule has 1 N–H and O–H groups in total. The summed E-state index contributed by atoms with van der Waals surface area (Å²) in [5.74, 6) is 1.15. The third kappa shape index (κ3) is 5.24. The molecule has 1 aliphatic carbocycles. The average molecular weight is 324 g/mol. The normalized spacial score (nSPS) is 14.9. The molecule has 1 aromatic heterocycles. The summed E-state index contributed by atoms with van der Waals surface area (Å²) in [6, 6.07) is 0. The maximum atomic E-state index is 10.8. The van der Waals surface area contributed by atoms with E-state index < -0.39 is 10.0 Å². The molecule has 0 radical (unpaired) electrons. The van der Waals surface area contributed by atoms with Gasteiger partial charge < -0.3 is 5.32 Å². The molecule has 7 heteroatoms. The van der Waals surface area contributed by atoms with E-state index in [1.807, 2.05) is 13.8 Å². The number of anilines is 1. The van der Waals surface area contributed by atoms with Crippen molar-refractivity contribution in [2.45, 2.75) is 39.5 Å². The summed E-state index contributed by atoms with van der Waals surface area (Å²) in [7, 11) is 4.08. The molecule has 1 aliphatic rings. The summed E-state index contributed by atoms with van der Waals surface area (Å²) in [6.07, 6.45) is 4.21. The van der Waals surface area contributed by atoms with Crippen LogP contribution >= 0.6 is 22.3 Å². The van der Waals surface area contributed by atoms with Crippen molar-refractivity contribution in [3.63, 3.8) is 0 Å². The molecule has 1 unspecified atom stereocenters. The van der Waals surface area contributed by atoms with Gasteiger partial charge in [-0.3, -0.25) is 0 Å². The number of aryl methyl sites for hydroxylation is 1. The Bertz CT molecular complexity index is 443. The van der Waals surface area contributed by atoms with E-state index in [-0.39, 0.29) is 5.28 Å². The second-order valence-corrected chi connectivity index (χ2v) is 6.25. The number of aromatic nitrogens is 2. The van der Waals surface area contributed by atoms with Crippen LogP contribution in [0.5, 0.6) is 0 Å². The van der Waals surface area contributed by atoms with Crippen LogP contribution in [0.2, 0.25) is 5.28 Å². The topological polar surface area (TPSA) is 54.9 Å². The molecule has 0 spiro atoms. The van der Waals surface area contributed by atoms with E-state index in [9.17, 15) is 4.21 Å². The average Bonchev–Trinajstić information content (AvgIpc) is 2.40. The minimum Gasteiger partial charge on any atom is -0.369 e. The zero-order valence-corrected chi connectivity index (χ0v) is 13.5. The Kier molecular flexibility index (Phi) is 7.64. The summed E-state index contributed by atoms with van der Waals surface area (Å²) in [6.45, 7) is 4.52. The van der Waals surface area contributed by atoms with E-state index >= 15 is 0 Å². The first-order valence-corrected chi connectivity index (χ1v) is 9.03. The molecule has 0 saturated carbocycles. The fraction of sp³-hybridized carbons (Fsp3) is 0.667. The zero-order chi connectivity index (χ0) is 14.3. The maximum Gasteiger partial charge on any atom is 0.224 e. The van der Waals surface area contributed by atoms with Crippen molar-refractivity contribution < 1.29 is 4.21 Å². The van der Waals surface area contributed by atoms with Crippen molar-refractivity contribution in [3.05, 3.63) is 16.5 Å². The van der Waals surface area contributed by atoms with Crippen LogP contribution in [0.25, 0.3) is 0 Å². The molecule has 0 fully saturated rings. The second kappa shape index (κ2) is 8.72. The smallest absolute Gasteiger partial charge is 0.224 e. The van der Waals surface area contributed by atoms with Crippen molar-refractivity contribution in [1.29, 1.82) is 0 Å². The SMILES string of the molecule is CC.O=S(Cl)CCNc1nc(Cl)nc2c1CCCC2. The highest BCUT2D eigenvalue weighted by Crippen LogP contribution is 2.26. The maximum absolute atomic E-state index is 10.8. The molecule has 1 heterocycles. The van der Waals surface area contributed by atoms with Gasteiger partial charge in [0.15, 0.2) is 0 Å². The second-order valence-electron chi connectivity index (χ2n) is 3.89. The summed E-state index contributed by atoms with van der Waals surface area (Å²) >= 11 is 5.88. The third-order valence-corrected chi connectivity index (χ3v) is 3.87. The van der Waals surface area contributed by atoms with Crippen LogP contribution in [0, 0.1) is 0 Å². The summed E-state index contributed by atoms with van der Waals surface area (Å²) in [5.41, 5.74) is 2.17. The quantitative estimate of drug-likeness (QED) is 0.682. The van der Waals surface area contributed by atoms with E-state index in [0.717, 1.165) is 42.8 Å². The van der Waals surface area contributed by atoms with Crippen molar-refractivity contribution in [2.24, 2.45) is 0 Å². The lowest BCUT2D eigenvalue weighted by Gasteiger charge is -2.18. The highest BCUT2D eigenvalue weighted by molar-refractivity contribution is 8.08. The van der Waals surface area contributed by atoms with Crippen LogP contribution < -0.4 is 5.32 Å². The minimum atomic E-state index is -1.31. The fourth-order valence-electron chi connectivity index (χ4n) is 1.96. The van der Waals surface area contributed by atoms with E-state index in [1.165, 1.54) is 0 Å². The van der Waals surface area contributed by atoms with Crippen LogP contribution in [-0.2, 0) is 22.9 Å². The van der Waals surface area contributed by atoms with Gasteiger partial charge in [0.1, 0.15) is 15.8 Å². The largest absolute Gasteiger partial charge is 0.369 e. The monoisotopic (exact) mass is 323 g/mol. The van der Waals surface area contributed by atoms with Crippen LogP contribution in [0.15, 0.2) is 0 Å².